The summed E-state index contributed by atoms with van der Waals surface area (Å²) in [6.45, 7) is 15.7. The van der Waals surface area contributed by atoms with Gasteiger partial charge < -0.3 is 0 Å². The zero-order chi connectivity index (χ0) is 11.3. The Hall–Kier alpha value is -1.18. The summed E-state index contributed by atoms with van der Waals surface area (Å²) >= 11 is 0. The number of hydrogen-bond acceptors (Lipinski definition) is 2. The second kappa shape index (κ2) is 5.53. The summed E-state index contributed by atoms with van der Waals surface area (Å²) in [7, 11) is 0. The first-order chi connectivity index (χ1) is 6.34. The highest BCUT2D eigenvalue weighted by molar-refractivity contribution is 6.01. The van der Waals surface area contributed by atoms with Gasteiger partial charge in [-0.2, -0.15) is 0 Å². The van der Waals surface area contributed by atoms with E-state index in [0.717, 1.165) is 22.8 Å². The summed E-state index contributed by atoms with van der Waals surface area (Å²) in [5, 5.41) is 0. The third-order valence-corrected chi connectivity index (χ3v) is 1.51. The van der Waals surface area contributed by atoms with Crippen molar-refractivity contribution >= 4 is 11.4 Å². The normalized spacial score (nSPS) is 10.9. The molecule has 0 bridgehead atoms. The molecular formula is C12H20N2. The smallest absolute Gasteiger partial charge is 0.0827 e. The summed E-state index contributed by atoms with van der Waals surface area (Å²) in [6, 6.07) is 0. The van der Waals surface area contributed by atoms with E-state index in [2.05, 4.69) is 16.6 Å². The van der Waals surface area contributed by atoms with Crippen molar-refractivity contribution in [2.24, 2.45) is 9.98 Å². The van der Waals surface area contributed by atoms with Crippen molar-refractivity contribution in [1.82, 2.24) is 0 Å². The Morgan fingerprint density at radius 3 is 1.64 bits per heavy atom. The van der Waals surface area contributed by atoms with Crippen LogP contribution in [0.15, 0.2) is 33.5 Å². The quantitative estimate of drug-likeness (QED) is 0.608. The molecule has 0 spiro atoms. The number of rotatable bonds is 3. The van der Waals surface area contributed by atoms with E-state index >= 15 is 0 Å². The van der Waals surface area contributed by atoms with Gasteiger partial charge in [0, 0.05) is 11.4 Å². The zero-order valence-corrected chi connectivity index (χ0v) is 10.1. The highest BCUT2D eigenvalue weighted by Crippen LogP contribution is 2.10. The van der Waals surface area contributed by atoms with Gasteiger partial charge in [0.1, 0.15) is 0 Å². The molecule has 0 unspecified atom stereocenters. The van der Waals surface area contributed by atoms with E-state index in [4.69, 9.17) is 0 Å². The number of allylic oxidation sites excluding steroid dienone is 3. The van der Waals surface area contributed by atoms with E-state index in [1.54, 1.807) is 0 Å². The Kier molecular flexibility index (Phi) is 5.06. The van der Waals surface area contributed by atoms with Gasteiger partial charge in [0.15, 0.2) is 0 Å². The Labute approximate surface area is 87.2 Å². The van der Waals surface area contributed by atoms with Gasteiger partial charge in [0.05, 0.1) is 11.4 Å². The van der Waals surface area contributed by atoms with Gasteiger partial charge in [-0.1, -0.05) is 6.58 Å². The largest absolute Gasteiger partial charge is 0.257 e. The molecule has 0 saturated heterocycles. The van der Waals surface area contributed by atoms with Gasteiger partial charge >= 0.3 is 0 Å². The molecule has 0 radical (unpaired) electrons. The maximum atomic E-state index is 4.45. The van der Waals surface area contributed by atoms with E-state index in [9.17, 15) is 0 Å². The topological polar surface area (TPSA) is 24.7 Å². The number of aliphatic imine (C=N–C) groups is 2. The number of hydrogen-bond donors (Lipinski definition) is 0. The van der Waals surface area contributed by atoms with Crippen molar-refractivity contribution in [3.8, 4) is 0 Å². The van der Waals surface area contributed by atoms with E-state index in [-0.39, 0.29) is 0 Å². The molecule has 2 nitrogen and oxygen atoms in total. The Bertz CT molecular complexity index is 309. The second-order valence-electron chi connectivity index (χ2n) is 3.84. The molecule has 0 aromatic carbocycles. The molecule has 0 amide bonds. The third-order valence-electron chi connectivity index (χ3n) is 1.51. The highest BCUT2D eigenvalue weighted by atomic mass is 14.8. The molecular weight excluding hydrogens is 172 g/mol. The van der Waals surface area contributed by atoms with Crippen molar-refractivity contribution in [3.05, 3.63) is 23.5 Å². The van der Waals surface area contributed by atoms with Gasteiger partial charge in [0.2, 0.25) is 0 Å². The molecule has 0 heterocycles. The van der Waals surface area contributed by atoms with Crippen LogP contribution in [0.4, 0.5) is 0 Å². The first-order valence-electron chi connectivity index (χ1n) is 4.75. The molecule has 78 valence electrons. The first-order valence-corrected chi connectivity index (χ1v) is 4.75. The van der Waals surface area contributed by atoms with Crippen LogP contribution in [0.25, 0.3) is 0 Å². The second-order valence-corrected chi connectivity index (χ2v) is 3.84. The van der Waals surface area contributed by atoms with Crippen LogP contribution >= 0.6 is 0 Å². The van der Waals surface area contributed by atoms with Gasteiger partial charge in [-0.05, 0) is 47.1 Å². The standard InChI is InChI=1S/C12H20N2/c1-8(2)12(14-10(5)6)11(7)13-9(3)4/h3H2,1-2,4-7H3. The minimum atomic E-state index is 0.810. The Morgan fingerprint density at radius 1 is 0.857 bits per heavy atom. The fraction of sp³-hybridized carbons (Fsp3) is 0.500. The van der Waals surface area contributed by atoms with Crippen LogP contribution in [-0.2, 0) is 0 Å². The molecule has 0 saturated carbocycles. The van der Waals surface area contributed by atoms with E-state index in [0.29, 0.717) is 0 Å². The van der Waals surface area contributed by atoms with Crippen LogP contribution < -0.4 is 0 Å². The molecule has 0 aliphatic rings. The van der Waals surface area contributed by atoms with E-state index in [1.807, 2.05) is 41.5 Å². The van der Waals surface area contributed by atoms with Crippen molar-refractivity contribution in [1.29, 1.82) is 0 Å². The Morgan fingerprint density at radius 2 is 1.36 bits per heavy atom. The van der Waals surface area contributed by atoms with Crippen molar-refractivity contribution in [3.63, 3.8) is 0 Å². The molecule has 14 heavy (non-hydrogen) atoms. The lowest BCUT2D eigenvalue weighted by Gasteiger charge is -2.05. The van der Waals surface area contributed by atoms with Crippen LogP contribution in [0.3, 0.4) is 0 Å². The van der Waals surface area contributed by atoms with E-state index in [1.165, 1.54) is 5.57 Å². The SMILES string of the molecule is C=C(C)N=C(C)C(N=C(C)C)=C(C)C. The first kappa shape index (κ1) is 12.8. The third kappa shape index (κ3) is 4.75. The van der Waals surface area contributed by atoms with Crippen molar-refractivity contribution in [2.45, 2.75) is 41.5 Å². The molecule has 0 aromatic rings. The van der Waals surface area contributed by atoms with Crippen LogP contribution in [0, 0.1) is 0 Å². The lowest BCUT2D eigenvalue weighted by Crippen LogP contribution is -2.00. The molecule has 2 heteroatoms. The molecule has 0 aliphatic carbocycles. The fourth-order valence-electron chi connectivity index (χ4n) is 1.12. The molecule has 0 atom stereocenters. The van der Waals surface area contributed by atoms with Gasteiger partial charge in [-0.25, -0.2) is 0 Å². The summed E-state index contributed by atoms with van der Waals surface area (Å²) in [5.41, 5.74) is 4.92. The monoisotopic (exact) mass is 192 g/mol. The van der Waals surface area contributed by atoms with Crippen LogP contribution in [-0.4, -0.2) is 11.4 Å². The molecule has 0 aromatic heterocycles. The summed E-state index contributed by atoms with van der Waals surface area (Å²) < 4.78 is 0. The molecule has 0 fully saturated rings. The summed E-state index contributed by atoms with van der Waals surface area (Å²) in [5.74, 6) is 0. The van der Waals surface area contributed by atoms with Crippen LogP contribution in [0.2, 0.25) is 0 Å². The minimum absolute atomic E-state index is 0.810. The van der Waals surface area contributed by atoms with Crippen LogP contribution in [0.1, 0.15) is 41.5 Å². The molecule has 0 rings (SSSR count). The summed E-state index contributed by atoms with van der Waals surface area (Å²) in [6.07, 6.45) is 0. The predicted molar refractivity (Wildman–Crippen MR) is 65.1 cm³/mol. The molecule has 0 aliphatic heterocycles. The minimum Gasteiger partial charge on any atom is -0.257 e. The van der Waals surface area contributed by atoms with Gasteiger partial charge in [-0.15, -0.1) is 0 Å². The van der Waals surface area contributed by atoms with Crippen LogP contribution in [0.5, 0.6) is 0 Å². The van der Waals surface area contributed by atoms with Crippen molar-refractivity contribution in [2.75, 3.05) is 0 Å². The van der Waals surface area contributed by atoms with Gasteiger partial charge in [-0.3, -0.25) is 9.98 Å². The molecule has 0 N–H and O–H groups in total. The fourth-order valence-corrected chi connectivity index (χ4v) is 1.12. The predicted octanol–water partition coefficient (Wildman–Crippen LogP) is 3.76. The lowest BCUT2D eigenvalue weighted by atomic mass is 10.2. The Balaban J connectivity index is 5.18. The van der Waals surface area contributed by atoms with Gasteiger partial charge in [0.25, 0.3) is 0 Å². The summed E-state index contributed by atoms with van der Waals surface area (Å²) in [4.78, 5) is 8.76. The average molecular weight is 192 g/mol. The lowest BCUT2D eigenvalue weighted by molar-refractivity contribution is 1.23. The maximum absolute atomic E-state index is 4.45. The average Bonchev–Trinajstić information content (AvgIpc) is 1.97. The maximum Gasteiger partial charge on any atom is 0.0827 e. The van der Waals surface area contributed by atoms with Crippen molar-refractivity contribution < 1.29 is 0 Å². The number of nitrogens with zero attached hydrogens (tertiary/aromatic N) is 2. The zero-order valence-electron chi connectivity index (χ0n) is 10.1. The highest BCUT2D eigenvalue weighted by Gasteiger charge is 2.02. The van der Waals surface area contributed by atoms with E-state index < -0.39 is 0 Å².